The summed E-state index contributed by atoms with van der Waals surface area (Å²) in [4.78, 5) is 32.2. The van der Waals surface area contributed by atoms with Crippen molar-refractivity contribution in [2.24, 2.45) is 5.41 Å². The van der Waals surface area contributed by atoms with Crippen LogP contribution in [0.15, 0.2) is 49.1 Å². The highest BCUT2D eigenvalue weighted by Crippen LogP contribution is 2.42. The van der Waals surface area contributed by atoms with E-state index >= 15 is 0 Å². The molecular weight excluding hydrogens is 538 g/mol. The van der Waals surface area contributed by atoms with Crippen LogP contribution in [0.5, 0.6) is 0 Å². The van der Waals surface area contributed by atoms with Crippen LogP contribution >= 0.6 is 0 Å². The lowest BCUT2D eigenvalue weighted by molar-refractivity contribution is -0.143. The van der Waals surface area contributed by atoms with E-state index < -0.39 is 0 Å². The molecule has 6 rings (SSSR count). The fourth-order valence-electron chi connectivity index (χ4n) is 7.59. The van der Waals surface area contributed by atoms with Crippen LogP contribution in [0.3, 0.4) is 0 Å². The molecule has 9 nitrogen and oxygen atoms in total. The molecule has 2 aliphatic heterocycles. The van der Waals surface area contributed by atoms with E-state index in [0.717, 1.165) is 30.8 Å². The standard InChI is InChI=1S/C34H49N7O2/c1-2-43-33(42)26-41-21-17-37-32(41)25-39(24-31-35-15-16-36-31)23-29-10-8-28(9-11-29)22-38-18-12-34(27-38)13-19-40(20-14-34)30-6-4-3-5-7-30/h8-11,15-17,21,30H,2-7,12-14,18-20,22-27H2,1H3,(H,35,36). The molecule has 0 radical (unpaired) electrons. The highest BCUT2D eigenvalue weighted by molar-refractivity contribution is 5.69. The van der Waals surface area contributed by atoms with Crippen LogP contribution in [0.1, 0.15) is 81.1 Å². The van der Waals surface area contributed by atoms with Gasteiger partial charge < -0.3 is 19.2 Å². The average Bonchev–Trinajstić information content (AvgIpc) is 3.78. The molecule has 1 aromatic carbocycles. The number of nitrogens with one attached hydrogen (secondary N) is 1. The Kier molecular flexibility index (Phi) is 9.91. The predicted octanol–water partition coefficient (Wildman–Crippen LogP) is 4.99. The van der Waals surface area contributed by atoms with Crippen LogP contribution in [-0.4, -0.2) is 79.0 Å². The molecule has 2 aromatic heterocycles. The molecule has 1 spiro atoms. The molecule has 1 N–H and O–H groups in total. The maximum absolute atomic E-state index is 12.1. The summed E-state index contributed by atoms with van der Waals surface area (Å²) in [6, 6.07) is 10.0. The first kappa shape index (κ1) is 30.0. The second-order valence-electron chi connectivity index (χ2n) is 13.1. The summed E-state index contributed by atoms with van der Waals surface area (Å²) in [5.74, 6) is 1.50. The van der Waals surface area contributed by atoms with Gasteiger partial charge >= 0.3 is 5.97 Å². The summed E-state index contributed by atoms with van der Waals surface area (Å²) in [6.45, 7) is 10.5. The third kappa shape index (κ3) is 7.94. The Hall–Kier alpha value is -3.01. The Labute approximate surface area is 256 Å². The van der Waals surface area contributed by atoms with Crippen molar-refractivity contribution in [3.8, 4) is 0 Å². The Morgan fingerprint density at radius 3 is 2.49 bits per heavy atom. The van der Waals surface area contributed by atoms with Crippen molar-refractivity contribution in [3.05, 3.63) is 71.8 Å². The number of H-pyrrole nitrogens is 1. The molecule has 3 aromatic rings. The largest absolute Gasteiger partial charge is 0.465 e. The van der Waals surface area contributed by atoms with E-state index in [9.17, 15) is 4.79 Å². The number of piperidine rings is 1. The van der Waals surface area contributed by atoms with Crippen LogP contribution in [0, 0.1) is 5.41 Å². The number of nitrogens with zero attached hydrogens (tertiary/aromatic N) is 6. The summed E-state index contributed by atoms with van der Waals surface area (Å²) in [7, 11) is 0. The first-order valence-electron chi connectivity index (χ1n) is 16.5. The van der Waals surface area contributed by atoms with Crippen LogP contribution in [0.25, 0.3) is 0 Å². The van der Waals surface area contributed by atoms with Crippen molar-refractivity contribution in [2.75, 3.05) is 32.8 Å². The number of rotatable bonds is 12. The molecule has 0 amide bonds. The molecule has 0 unspecified atom stereocenters. The maximum Gasteiger partial charge on any atom is 0.325 e. The molecule has 4 heterocycles. The Balaban J connectivity index is 1.03. The van der Waals surface area contributed by atoms with E-state index in [4.69, 9.17) is 4.74 Å². The van der Waals surface area contributed by atoms with Gasteiger partial charge in [-0.3, -0.25) is 14.6 Å². The number of carbonyl (C=O) groups is 1. The van der Waals surface area contributed by atoms with E-state index in [1.54, 1.807) is 12.4 Å². The lowest BCUT2D eigenvalue weighted by Gasteiger charge is -2.43. The van der Waals surface area contributed by atoms with Gasteiger partial charge in [-0.2, -0.15) is 0 Å². The average molecular weight is 588 g/mol. The molecule has 3 aliphatic rings. The molecule has 1 aliphatic carbocycles. The zero-order valence-electron chi connectivity index (χ0n) is 25.9. The molecule has 9 heteroatoms. The first-order chi connectivity index (χ1) is 21.1. The van der Waals surface area contributed by atoms with E-state index in [1.807, 2.05) is 23.9 Å². The summed E-state index contributed by atoms with van der Waals surface area (Å²) in [6.07, 6.45) is 18.5. The molecule has 232 valence electrons. The zero-order valence-corrected chi connectivity index (χ0v) is 25.9. The number of likely N-dealkylation sites (tertiary alicyclic amines) is 2. The molecular formula is C34H49N7O2. The van der Waals surface area contributed by atoms with Gasteiger partial charge in [-0.25, -0.2) is 9.97 Å². The summed E-state index contributed by atoms with van der Waals surface area (Å²) < 4.78 is 7.03. The predicted molar refractivity (Wildman–Crippen MR) is 167 cm³/mol. The molecule has 3 fully saturated rings. The number of hydrogen-bond donors (Lipinski definition) is 1. The summed E-state index contributed by atoms with van der Waals surface area (Å²) in [5, 5.41) is 0. The molecule has 43 heavy (non-hydrogen) atoms. The zero-order chi connectivity index (χ0) is 29.5. The van der Waals surface area contributed by atoms with Gasteiger partial charge in [0.2, 0.25) is 0 Å². The summed E-state index contributed by atoms with van der Waals surface area (Å²) in [5.41, 5.74) is 3.19. The van der Waals surface area contributed by atoms with Crippen LogP contribution in [-0.2, 0) is 42.3 Å². The minimum absolute atomic E-state index is 0.170. The highest BCUT2D eigenvalue weighted by Gasteiger charge is 2.41. The van der Waals surface area contributed by atoms with Crippen molar-refractivity contribution in [1.29, 1.82) is 0 Å². The van der Waals surface area contributed by atoms with Gasteiger partial charge in [0.1, 0.15) is 18.2 Å². The quantitative estimate of drug-likeness (QED) is 0.299. The lowest BCUT2D eigenvalue weighted by Crippen LogP contribution is -2.46. The van der Waals surface area contributed by atoms with E-state index in [-0.39, 0.29) is 12.5 Å². The third-order valence-electron chi connectivity index (χ3n) is 10.0. The Morgan fingerprint density at radius 2 is 1.74 bits per heavy atom. The van der Waals surface area contributed by atoms with Crippen molar-refractivity contribution < 1.29 is 9.53 Å². The number of hydrogen-bond acceptors (Lipinski definition) is 7. The van der Waals surface area contributed by atoms with Crippen molar-refractivity contribution in [3.63, 3.8) is 0 Å². The van der Waals surface area contributed by atoms with Crippen molar-refractivity contribution in [1.82, 2.24) is 34.2 Å². The third-order valence-corrected chi connectivity index (χ3v) is 10.0. The Bertz CT molecular complexity index is 1270. The molecule has 1 saturated carbocycles. The second-order valence-corrected chi connectivity index (χ2v) is 13.1. The molecule has 0 bridgehead atoms. The maximum atomic E-state index is 12.1. The SMILES string of the molecule is CCOC(=O)Cn1ccnc1CN(Cc1ccc(CN2CCC3(CCN(C4CCCCC4)CC3)C2)cc1)Cc1ncc[nH]1. The number of benzene rings is 1. The fourth-order valence-corrected chi connectivity index (χ4v) is 7.59. The van der Waals surface area contributed by atoms with Gasteiger partial charge in [0.05, 0.1) is 19.7 Å². The normalized spacial score (nSPS) is 19.9. The smallest absolute Gasteiger partial charge is 0.325 e. The van der Waals surface area contributed by atoms with Crippen LogP contribution < -0.4 is 0 Å². The number of imidazole rings is 2. The molecule has 0 atom stereocenters. The number of esters is 1. The monoisotopic (exact) mass is 587 g/mol. The number of aromatic amines is 1. The second kappa shape index (κ2) is 14.2. The van der Waals surface area contributed by atoms with Crippen LogP contribution in [0.4, 0.5) is 0 Å². The lowest BCUT2D eigenvalue weighted by atomic mass is 9.77. The molecule has 2 saturated heterocycles. The fraction of sp³-hybridized carbons (Fsp3) is 0.618. The summed E-state index contributed by atoms with van der Waals surface area (Å²) >= 11 is 0. The van der Waals surface area contributed by atoms with Crippen LogP contribution in [0.2, 0.25) is 0 Å². The Morgan fingerprint density at radius 1 is 0.977 bits per heavy atom. The van der Waals surface area contributed by atoms with Crippen molar-refractivity contribution in [2.45, 2.75) is 97.1 Å². The van der Waals surface area contributed by atoms with E-state index in [0.29, 0.717) is 25.1 Å². The highest BCUT2D eigenvalue weighted by atomic mass is 16.5. The first-order valence-corrected chi connectivity index (χ1v) is 16.5. The minimum Gasteiger partial charge on any atom is -0.465 e. The van der Waals surface area contributed by atoms with Gasteiger partial charge in [-0.1, -0.05) is 43.5 Å². The topological polar surface area (TPSA) is 82.5 Å². The van der Waals surface area contributed by atoms with Gasteiger partial charge in [-0.15, -0.1) is 0 Å². The number of carbonyl (C=O) groups excluding carboxylic acids is 1. The van der Waals surface area contributed by atoms with Gasteiger partial charge in [-0.05, 0) is 75.2 Å². The van der Waals surface area contributed by atoms with Gasteiger partial charge in [0.25, 0.3) is 0 Å². The van der Waals surface area contributed by atoms with Crippen molar-refractivity contribution >= 4 is 5.97 Å². The van der Waals surface area contributed by atoms with Gasteiger partial charge in [0, 0.05) is 50.5 Å². The van der Waals surface area contributed by atoms with E-state index in [2.05, 4.69) is 53.9 Å². The number of ether oxygens (including phenoxy) is 1. The number of aromatic nitrogens is 4. The minimum atomic E-state index is -0.247. The van der Waals surface area contributed by atoms with E-state index in [1.165, 1.54) is 88.7 Å². The van der Waals surface area contributed by atoms with Gasteiger partial charge in [0.15, 0.2) is 0 Å².